The second-order valence-electron chi connectivity index (χ2n) is 4.83. The van der Waals surface area contributed by atoms with Gasteiger partial charge >= 0.3 is 0 Å². The van der Waals surface area contributed by atoms with Crippen LogP contribution in [0.2, 0.25) is 0 Å². The summed E-state index contributed by atoms with van der Waals surface area (Å²) in [6.45, 7) is 3.26. The lowest BCUT2D eigenvalue weighted by Crippen LogP contribution is -2.35. The molecule has 3 unspecified atom stereocenters. The maximum atomic E-state index is 6.12. The van der Waals surface area contributed by atoms with Gasteiger partial charge in [0.05, 0.1) is 0 Å². The summed E-state index contributed by atoms with van der Waals surface area (Å²) in [7, 11) is 1.77. The average molecular weight is 199 g/mol. The van der Waals surface area contributed by atoms with E-state index in [0.29, 0.717) is 6.04 Å². The van der Waals surface area contributed by atoms with Crippen LogP contribution in [0.15, 0.2) is 0 Å². The molecule has 2 heteroatoms. The van der Waals surface area contributed by atoms with Crippen LogP contribution < -0.4 is 5.73 Å². The molecule has 1 fully saturated rings. The first kappa shape index (κ1) is 12.0. The number of hydrogen-bond acceptors (Lipinski definition) is 2. The fraction of sp³-hybridized carbons (Fsp3) is 1.00. The predicted molar refractivity (Wildman–Crippen MR) is 60.2 cm³/mol. The molecule has 1 rings (SSSR count). The first-order valence-corrected chi connectivity index (χ1v) is 5.98. The highest BCUT2D eigenvalue weighted by molar-refractivity contribution is 4.80. The fourth-order valence-corrected chi connectivity index (χ4v) is 2.51. The summed E-state index contributed by atoms with van der Waals surface area (Å²) in [6.07, 6.45) is 7.67. The van der Waals surface area contributed by atoms with Gasteiger partial charge in [-0.25, -0.2) is 0 Å². The van der Waals surface area contributed by atoms with E-state index in [2.05, 4.69) is 6.92 Å². The Morgan fingerprint density at radius 2 is 2.07 bits per heavy atom. The maximum absolute atomic E-state index is 6.12. The summed E-state index contributed by atoms with van der Waals surface area (Å²) in [5.41, 5.74) is 6.12. The Labute approximate surface area is 88.2 Å². The van der Waals surface area contributed by atoms with Crippen molar-refractivity contribution in [2.24, 2.45) is 17.6 Å². The molecule has 0 aromatic carbocycles. The van der Waals surface area contributed by atoms with E-state index in [1.807, 2.05) is 0 Å². The van der Waals surface area contributed by atoms with Crippen molar-refractivity contribution < 1.29 is 4.74 Å². The second kappa shape index (κ2) is 6.41. The monoisotopic (exact) mass is 199 g/mol. The zero-order valence-electron chi connectivity index (χ0n) is 9.67. The van der Waals surface area contributed by atoms with Crippen molar-refractivity contribution in [3.8, 4) is 0 Å². The highest BCUT2D eigenvalue weighted by atomic mass is 16.5. The third kappa shape index (κ3) is 3.97. The van der Waals surface area contributed by atoms with E-state index in [4.69, 9.17) is 10.5 Å². The Bertz CT molecular complexity index is 149. The first-order chi connectivity index (χ1) is 6.74. The van der Waals surface area contributed by atoms with Crippen molar-refractivity contribution in [3.05, 3.63) is 0 Å². The van der Waals surface area contributed by atoms with E-state index in [0.717, 1.165) is 18.4 Å². The van der Waals surface area contributed by atoms with E-state index in [9.17, 15) is 0 Å². The molecule has 14 heavy (non-hydrogen) atoms. The van der Waals surface area contributed by atoms with Gasteiger partial charge in [-0.2, -0.15) is 0 Å². The van der Waals surface area contributed by atoms with Gasteiger partial charge in [0.25, 0.3) is 0 Å². The molecule has 0 aromatic heterocycles. The SMILES string of the molecule is COCCCCC1CC(C)CCC1N. The first-order valence-electron chi connectivity index (χ1n) is 5.98. The van der Waals surface area contributed by atoms with Crippen molar-refractivity contribution in [1.29, 1.82) is 0 Å². The molecule has 0 aromatic rings. The number of rotatable bonds is 5. The number of methoxy groups -OCH3 is 1. The summed E-state index contributed by atoms with van der Waals surface area (Å²) in [5, 5.41) is 0. The molecule has 2 N–H and O–H groups in total. The highest BCUT2D eigenvalue weighted by Crippen LogP contribution is 2.31. The molecule has 0 spiro atoms. The van der Waals surface area contributed by atoms with Crippen molar-refractivity contribution in [1.82, 2.24) is 0 Å². The molecule has 0 radical (unpaired) electrons. The van der Waals surface area contributed by atoms with Crippen LogP contribution in [0.5, 0.6) is 0 Å². The largest absolute Gasteiger partial charge is 0.385 e. The second-order valence-corrected chi connectivity index (χ2v) is 4.83. The minimum atomic E-state index is 0.466. The summed E-state index contributed by atoms with van der Waals surface area (Å²) in [4.78, 5) is 0. The minimum absolute atomic E-state index is 0.466. The van der Waals surface area contributed by atoms with E-state index in [1.165, 1.54) is 38.5 Å². The molecule has 0 amide bonds. The lowest BCUT2D eigenvalue weighted by molar-refractivity contribution is 0.181. The Hall–Kier alpha value is -0.0800. The van der Waals surface area contributed by atoms with E-state index in [1.54, 1.807) is 7.11 Å². The summed E-state index contributed by atoms with van der Waals surface area (Å²) in [6, 6.07) is 0.466. The molecule has 1 aliphatic rings. The zero-order chi connectivity index (χ0) is 10.4. The number of nitrogens with two attached hydrogens (primary N) is 1. The van der Waals surface area contributed by atoms with Gasteiger partial charge in [-0.05, 0) is 43.9 Å². The molecule has 0 saturated heterocycles. The van der Waals surface area contributed by atoms with E-state index >= 15 is 0 Å². The normalized spacial score (nSPS) is 33.2. The minimum Gasteiger partial charge on any atom is -0.385 e. The van der Waals surface area contributed by atoms with Gasteiger partial charge < -0.3 is 10.5 Å². The Morgan fingerprint density at radius 3 is 2.79 bits per heavy atom. The quantitative estimate of drug-likeness (QED) is 0.691. The highest BCUT2D eigenvalue weighted by Gasteiger charge is 2.25. The van der Waals surface area contributed by atoms with Crippen LogP contribution in [-0.2, 0) is 4.74 Å². The standard InChI is InChI=1S/C12H25NO/c1-10-6-7-12(13)11(9-10)5-3-4-8-14-2/h10-12H,3-9,13H2,1-2H3. The van der Waals surface area contributed by atoms with Gasteiger partial charge in [0, 0.05) is 19.8 Å². The van der Waals surface area contributed by atoms with Crippen LogP contribution in [0.3, 0.4) is 0 Å². The van der Waals surface area contributed by atoms with Gasteiger partial charge in [0.2, 0.25) is 0 Å². The van der Waals surface area contributed by atoms with Crippen molar-refractivity contribution in [2.75, 3.05) is 13.7 Å². The predicted octanol–water partition coefficient (Wildman–Crippen LogP) is 2.57. The van der Waals surface area contributed by atoms with Gasteiger partial charge in [-0.1, -0.05) is 13.3 Å². The summed E-state index contributed by atoms with van der Waals surface area (Å²) < 4.78 is 5.05. The lowest BCUT2D eigenvalue weighted by Gasteiger charge is -2.32. The van der Waals surface area contributed by atoms with Gasteiger partial charge in [-0.3, -0.25) is 0 Å². The number of ether oxygens (including phenoxy) is 1. The fourth-order valence-electron chi connectivity index (χ4n) is 2.51. The Morgan fingerprint density at radius 1 is 1.29 bits per heavy atom. The zero-order valence-corrected chi connectivity index (χ0v) is 9.67. The number of unbranched alkanes of at least 4 members (excludes halogenated alkanes) is 1. The summed E-state index contributed by atoms with van der Waals surface area (Å²) >= 11 is 0. The third-order valence-corrected chi connectivity index (χ3v) is 3.48. The smallest absolute Gasteiger partial charge is 0.0462 e. The van der Waals surface area contributed by atoms with Crippen molar-refractivity contribution in [3.63, 3.8) is 0 Å². The van der Waals surface area contributed by atoms with Gasteiger partial charge in [-0.15, -0.1) is 0 Å². The van der Waals surface area contributed by atoms with Gasteiger partial charge in [0.15, 0.2) is 0 Å². The molecular weight excluding hydrogens is 174 g/mol. The van der Waals surface area contributed by atoms with E-state index < -0.39 is 0 Å². The van der Waals surface area contributed by atoms with Crippen molar-refractivity contribution in [2.45, 2.75) is 51.5 Å². The molecule has 0 aliphatic heterocycles. The van der Waals surface area contributed by atoms with Crippen LogP contribution in [0.4, 0.5) is 0 Å². The van der Waals surface area contributed by atoms with Crippen LogP contribution >= 0.6 is 0 Å². The molecule has 3 atom stereocenters. The van der Waals surface area contributed by atoms with E-state index in [-0.39, 0.29) is 0 Å². The molecule has 0 bridgehead atoms. The van der Waals surface area contributed by atoms with Gasteiger partial charge in [0.1, 0.15) is 0 Å². The van der Waals surface area contributed by atoms with Crippen LogP contribution in [0.25, 0.3) is 0 Å². The lowest BCUT2D eigenvalue weighted by atomic mass is 9.77. The Balaban J connectivity index is 2.14. The maximum Gasteiger partial charge on any atom is 0.0462 e. The number of hydrogen-bond donors (Lipinski definition) is 1. The third-order valence-electron chi connectivity index (χ3n) is 3.48. The Kier molecular flexibility index (Phi) is 5.49. The summed E-state index contributed by atoms with van der Waals surface area (Å²) in [5.74, 6) is 1.66. The molecule has 2 nitrogen and oxygen atoms in total. The molecule has 1 aliphatic carbocycles. The average Bonchev–Trinajstić information content (AvgIpc) is 2.18. The molecule has 1 saturated carbocycles. The molecule has 84 valence electrons. The van der Waals surface area contributed by atoms with Crippen LogP contribution in [-0.4, -0.2) is 19.8 Å². The van der Waals surface area contributed by atoms with Crippen molar-refractivity contribution >= 4 is 0 Å². The topological polar surface area (TPSA) is 35.2 Å². The molecular formula is C12H25NO. The van der Waals surface area contributed by atoms with Crippen LogP contribution in [0.1, 0.15) is 45.4 Å². The molecule has 0 heterocycles. The van der Waals surface area contributed by atoms with Crippen LogP contribution in [0, 0.1) is 11.8 Å².